The average molecular weight is 798 g/mol. The fourth-order valence-corrected chi connectivity index (χ4v) is 4.78. The van der Waals surface area contributed by atoms with Gasteiger partial charge in [0.15, 0.2) is 0 Å². The molecule has 0 saturated heterocycles. The molecule has 0 aliphatic rings. The fraction of sp³-hybridized carbons (Fsp3) is 0.158. The van der Waals surface area contributed by atoms with Crippen molar-refractivity contribution in [1.82, 2.24) is 34.7 Å². The van der Waals surface area contributed by atoms with Gasteiger partial charge < -0.3 is 27.2 Å². The molecule has 47 heavy (non-hydrogen) atoms. The summed E-state index contributed by atoms with van der Waals surface area (Å²) in [4.78, 5) is 6.35. The Hall–Kier alpha value is -5.11. The number of pyridine rings is 1. The third kappa shape index (κ3) is 9.22. The van der Waals surface area contributed by atoms with E-state index in [-0.39, 0.29) is 20.1 Å². The smallest absolute Gasteiger partial charge is 0.574 e. The number of nitrogens with zero attached hydrogens (tertiary/aromatic N) is 8. The Morgan fingerprint density at radius 2 is 1.13 bits per heavy atom. The van der Waals surface area contributed by atoms with Crippen LogP contribution >= 0.6 is 0 Å². The van der Waals surface area contributed by atoms with Gasteiger partial charge in [-0.15, -0.1) is 28.5 Å². The molecule has 0 radical (unpaired) electrons. The van der Waals surface area contributed by atoms with Crippen molar-refractivity contribution < 1.29 is 20.1 Å². The average Bonchev–Trinajstić information content (AvgIpc) is 3.81. The zero-order chi connectivity index (χ0) is 32.5. The number of hydrogen-bond donors (Lipinski definition) is 0. The van der Waals surface area contributed by atoms with Gasteiger partial charge in [-0.3, -0.25) is 14.3 Å². The second-order valence-electron chi connectivity index (χ2n) is 10.9. The maximum Gasteiger partial charge on any atom is 3.00 e. The molecular formula is C38H37IrN8. The van der Waals surface area contributed by atoms with Gasteiger partial charge in [-0.25, -0.2) is 10.2 Å². The normalized spacial score (nSPS) is 10.2. The van der Waals surface area contributed by atoms with Crippen molar-refractivity contribution in [1.29, 1.82) is 0 Å². The van der Waals surface area contributed by atoms with E-state index in [9.17, 15) is 0 Å². The maximum atomic E-state index is 4.34. The van der Waals surface area contributed by atoms with Gasteiger partial charge in [-0.05, 0) is 60.2 Å². The van der Waals surface area contributed by atoms with Crippen LogP contribution in [0.25, 0.3) is 34.0 Å². The molecule has 4 heterocycles. The molecule has 0 spiro atoms. The first-order chi connectivity index (χ1) is 22.3. The molecule has 0 aliphatic carbocycles. The van der Waals surface area contributed by atoms with E-state index in [0.717, 1.165) is 56.8 Å². The summed E-state index contributed by atoms with van der Waals surface area (Å²) in [6, 6.07) is 42.5. The van der Waals surface area contributed by atoms with Crippen molar-refractivity contribution in [3.63, 3.8) is 0 Å². The molecule has 3 aromatic carbocycles. The summed E-state index contributed by atoms with van der Waals surface area (Å²) in [5.74, 6) is 0. The van der Waals surface area contributed by atoms with Gasteiger partial charge in [0.1, 0.15) is 0 Å². The number of benzene rings is 3. The summed E-state index contributed by atoms with van der Waals surface area (Å²) < 4.78 is 3.80. The zero-order valence-corrected chi connectivity index (χ0v) is 29.8. The molecule has 0 N–H and O–H groups in total. The van der Waals surface area contributed by atoms with Crippen molar-refractivity contribution in [2.75, 3.05) is 19.0 Å². The molecule has 8 nitrogen and oxygen atoms in total. The molecule has 0 atom stereocenters. The van der Waals surface area contributed by atoms with Crippen LogP contribution in [-0.2, 0) is 20.1 Å². The van der Waals surface area contributed by atoms with Crippen molar-refractivity contribution in [3.8, 4) is 34.0 Å². The summed E-state index contributed by atoms with van der Waals surface area (Å²) in [5.41, 5.74) is 10.9. The Bertz CT molecular complexity index is 1860. The number of rotatable bonds is 5. The van der Waals surface area contributed by atoms with E-state index >= 15 is 0 Å². The predicted molar refractivity (Wildman–Crippen MR) is 184 cm³/mol. The van der Waals surface area contributed by atoms with Crippen molar-refractivity contribution >= 4 is 5.69 Å². The largest absolute Gasteiger partial charge is 3.00 e. The number of aryl methyl sites for hydroxylation is 4. The van der Waals surface area contributed by atoms with E-state index in [1.807, 2.05) is 136 Å². The molecule has 7 aromatic rings. The van der Waals surface area contributed by atoms with E-state index in [0.29, 0.717) is 0 Å². The Morgan fingerprint density at radius 3 is 1.55 bits per heavy atom. The minimum atomic E-state index is 0. The second kappa shape index (κ2) is 16.5. The Balaban J connectivity index is 0.000000164. The van der Waals surface area contributed by atoms with E-state index in [2.05, 4.69) is 66.7 Å². The first kappa shape index (κ1) is 34.8. The quantitative estimate of drug-likeness (QED) is 0.169. The van der Waals surface area contributed by atoms with E-state index in [1.165, 1.54) is 5.69 Å². The number of aromatic nitrogens is 7. The molecule has 0 bridgehead atoms. The molecule has 0 amide bonds. The van der Waals surface area contributed by atoms with Crippen LogP contribution in [0, 0.1) is 39.8 Å². The SMILES string of the molecule is CN(C)c1ccc(-c2cc(-c3ccccn3)n[n-]2)cc1.Cc1[c-]c(C)n(-c2ccccc2)n1.Cc1[c-]c(C)n(-c2ccccc2)n1.[Ir+3]. The fourth-order valence-electron chi connectivity index (χ4n) is 4.78. The molecule has 0 fully saturated rings. The van der Waals surface area contributed by atoms with Crippen LogP contribution in [0.2, 0.25) is 0 Å². The third-order valence-corrected chi connectivity index (χ3v) is 7.01. The van der Waals surface area contributed by atoms with E-state index in [1.54, 1.807) is 6.20 Å². The van der Waals surface area contributed by atoms with Crippen LogP contribution in [0.15, 0.2) is 115 Å². The molecule has 7 rings (SSSR count). The summed E-state index contributed by atoms with van der Waals surface area (Å²) >= 11 is 0. The van der Waals surface area contributed by atoms with Gasteiger partial charge in [0.2, 0.25) is 0 Å². The summed E-state index contributed by atoms with van der Waals surface area (Å²) in [6.07, 6.45) is 1.76. The van der Waals surface area contributed by atoms with Crippen molar-refractivity contribution in [3.05, 3.63) is 150 Å². The molecule has 0 unspecified atom stereocenters. The van der Waals surface area contributed by atoms with Crippen LogP contribution in [0.4, 0.5) is 5.69 Å². The van der Waals surface area contributed by atoms with Crippen LogP contribution < -0.4 is 10.00 Å². The molecule has 4 aromatic heterocycles. The monoisotopic (exact) mass is 798 g/mol. The van der Waals surface area contributed by atoms with Crippen LogP contribution in [0.1, 0.15) is 22.8 Å². The topological polar surface area (TPSA) is 78.8 Å². The first-order valence-corrected chi connectivity index (χ1v) is 15.0. The molecule has 0 saturated carbocycles. The van der Waals surface area contributed by atoms with Crippen LogP contribution in [0.5, 0.6) is 0 Å². The molecular weight excluding hydrogens is 761 g/mol. The zero-order valence-electron chi connectivity index (χ0n) is 27.4. The van der Waals surface area contributed by atoms with E-state index < -0.39 is 0 Å². The number of hydrogen-bond acceptors (Lipinski definition) is 5. The van der Waals surface area contributed by atoms with Crippen molar-refractivity contribution in [2.24, 2.45) is 0 Å². The van der Waals surface area contributed by atoms with Crippen molar-refractivity contribution in [2.45, 2.75) is 27.7 Å². The Labute approximate surface area is 290 Å². The minimum absolute atomic E-state index is 0. The Morgan fingerprint density at radius 1 is 0.617 bits per heavy atom. The van der Waals surface area contributed by atoms with Gasteiger partial charge in [-0.2, -0.15) is 0 Å². The first-order valence-electron chi connectivity index (χ1n) is 15.0. The van der Waals surface area contributed by atoms with Gasteiger partial charge in [0.05, 0.1) is 22.8 Å². The standard InChI is InChI=1S/C16H15N4.2C11H11N2.Ir/c1-20(2)13-8-6-12(7-9-13)15-11-16(19-18-15)14-5-3-4-10-17-14;2*1-9-8-10(2)13(12-9)11-6-4-3-5-7-11;/h3-11H,1-2H3;2*3-7H,1-2H3;/q3*-1;+3. The predicted octanol–water partition coefficient (Wildman–Crippen LogP) is 7.41. The third-order valence-electron chi connectivity index (χ3n) is 7.01. The summed E-state index contributed by atoms with van der Waals surface area (Å²) in [6.45, 7) is 7.92. The summed E-state index contributed by atoms with van der Waals surface area (Å²) in [5, 5.41) is 17.1. The van der Waals surface area contributed by atoms with Gasteiger partial charge in [-0.1, -0.05) is 82.3 Å². The maximum absolute atomic E-state index is 4.34. The minimum Gasteiger partial charge on any atom is -0.574 e. The second-order valence-corrected chi connectivity index (χ2v) is 10.9. The molecule has 238 valence electrons. The molecule has 0 aliphatic heterocycles. The number of para-hydroxylation sites is 2. The molecule has 9 heteroatoms. The van der Waals surface area contributed by atoms with Crippen LogP contribution in [-0.4, -0.2) is 43.7 Å². The number of anilines is 1. The Kier molecular flexibility index (Phi) is 12.2. The van der Waals surface area contributed by atoms with Crippen LogP contribution in [0.3, 0.4) is 0 Å². The van der Waals surface area contributed by atoms with Gasteiger partial charge >= 0.3 is 20.1 Å². The van der Waals surface area contributed by atoms with Gasteiger partial charge in [0, 0.05) is 26.0 Å². The van der Waals surface area contributed by atoms with Gasteiger partial charge in [0.25, 0.3) is 0 Å². The summed E-state index contributed by atoms with van der Waals surface area (Å²) in [7, 11) is 4.05. The van der Waals surface area contributed by atoms with E-state index in [4.69, 9.17) is 0 Å².